The molecule has 1 aliphatic heterocycles. The summed E-state index contributed by atoms with van der Waals surface area (Å²) in [4.78, 5) is 13.7. The number of carbonyl (C=O) groups is 1. The number of anilines is 1. The Labute approximate surface area is 192 Å². The van der Waals surface area contributed by atoms with Gasteiger partial charge in [-0.3, -0.25) is 9.36 Å². The third-order valence-electron chi connectivity index (χ3n) is 4.67. The molecule has 3 aromatic rings. The van der Waals surface area contributed by atoms with E-state index in [1.54, 1.807) is 29.5 Å². The van der Waals surface area contributed by atoms with E-state index in [1.807, 2.05) is 0 Å². The molecule has 1 amide bonds. The van der Waals surface area contributed by atoms with Gasteiger partial charge in [0.2, 0.25) is 5.91 Å². The molecule has 1 N–H and O–H groups in total. The molecule has 0 radical (unpaired) electrons. The van der Waals surface area contributed by atoms with Gasteiger partial charge in [-0.1, -0.05) is 41.0 Å². The molecule has 0 saturated carbocycles. The van der Waals surface area contributed by atoms with Crippen LogP contribution in [-0.4, -0.2) is 39.1 Å². The SMILES string of the molecule is Cc1cc(-c2nnc(SCC(=O)Nc3cccc(Cl)c3Cl)n2CC2CCCO2)cs1. The molecule has 1 atom stereocenters. The highest BCUT2D eigenvalue weighted by molar-refractivity contribution is 7.99. The first-order valence-corrected chi connectivity index (χ1v) is 12.1. The van der Waals surface area contributed by atoms with Crippen LogP contribution in [0.5, 0.6) is 0 Å². The first-order valence-electron chi connectivity index (χ1n) is 9.48. The summed E-state index contributed by atoms with van der Waals surface area (Å²) >= 11 is 15.2. The van der Waals surface area contributed by atoms with Gasteiger partial charge in [0, 0.05) is 22.4 Å². The van der Waals surface area contributed by atoms with Crippen LogP contribution in [0.25, 0.3) is 11.4 Å². The van der Waals surface area contributed by atoms with Gasteiger partial charge >= 0.3 is 0 Å². The number of benzene rings is 1. The van der Waals surface area contributed by atoms with Gasteiger partial charge in [-0.25, -0.2) is 0 Å². The number of carbonyl (C=O) groups excluding carboxylic acids is 1. The molecule has 1 saturated heterocycles. The van der Waals surface area contributed by atoms with Crippen LogP contribution in [0.2, 0.25) is 10.0 Å². The highest BCUT2D eigenvalue weighted by Crippen LogP contribution is 2.31. The standard InChI is InChI=1S/C20H20Cl2N4O2S2/c1-12-8-13(10-29-12)19-24-25-20(26(19)9-14-4-3-7-28-14)30-11-17(27)23-16-6-2-5-15(21)18(16)22/h2,5-6,8,10,14H,3-4,7,9,11H2,1H3,(H,23,27). The van der Waals surface area contributed by atoms with Crippen LogP contribution in [-0.2, 0) is 16.1 Å². The molecule has 4 rings (SSSR count). The fourth-order valence-electron chi connectivity index (χ4n) is 3.24. The maximum Gasteiger partial charge on any atom is 0.234 e. The molecular weight excluding hydrogens is 463 g/mol. The number of amides is 1. The Hall–Kier alpha value is -1.58. The summed E-state index contributed by atoms with van der Waals surface area (Å²) in [6.07, 6.45) is 2.21. The minimum absolute atomic E-state index is 0.137. The van der Waals surface area contributed by atoms with Gasteiger partial charge < -0.3 is 10.1 Å². The predicted molar refractivity (Wildman–Crippen MR) is 123 cm³/mol. The summed E-state index contributed by atoms with van der Waals surface area (Å²) in [6, 6.07) is 7.23. The Morgan fingerprint density at radius 1 is 1.40 bits per heavy atom. The van der Waals surface area contributed by atoms with Crippen molar-refractivity contribution in [3.63, 3.8) is 0 Å². The van der Waals surface area contributed by atoms with Gasteiger partial charge in [0.1, 0.15) is 0 Å². The number of hydrogen-bond acceptors (Lipinski definition) is 6. The number of aromatic nitrogens is 3. The average Bonchev–Trinajstić information content (AvgIpc) is 3.46. The zero-order valence-electron chi connectivity index (χ0n) is 16.2. The smallest absolute Gasteiger partial charge is 0.234 e. The van der Waals surface area contributed by atoms with Gasteiger partial charge in [-0.05, 0) is 38.0 Å². The molecule has 3 heterocycles. The van der Waals surface area contributed by atoms with Crippen molar-refractivity contribution in [3.8, 4) is 11.4 Å². The molecule has 30 heavy (non-hydrogen) atoms. The quantitative estimate of drug-likeness (QED) is 0.448. The lowest BCUT2D eigenvalue weighted by Gasteiger charge is -2.14. The maximum atomic E-state index is 12.5. The van der Waals surface area contributed by atoms with Crippen LogP contribution < -0.4 is 5.32 Å². The second kappa shape index (κ2) is 9.70. The fourth-order valence-corrected chi connectivity index (χ4v) is 5.02. The van der Waals surface area contributed by atoms with Gasteiger partial charge in [0.15, 0.2) is 11.0 Å². The molecule has 0 spiro atoms. The Bertz CT molecular complexity index is 1050. The van der Waals surface area contributed by atoms with Crippen LogP contribution >= 0.6 is 46.3 Å². The number of thioether (sulfide) groups is 1. The molecule has 0 bridgehead atoms. The number of ether oxygens (including phenoxy) is 1. The number of hydrogen-bond donors (Lipinski definition) is 1. The van der Waals surface area contributed by atoms with Gasteiger partial charge in [0.25, 0.3) is 0 Å². The average molecular weight is 483 g/mol. The third-order valence-corrected chi connectivity index (χ3v) is 7.32. The van der Waals surface area contributed by atoms with E-state index in [0.29, 0.717) is 27.4 Å². The van der Waals surface area contributed by atoms with Crippen molar-refractivity contribution in [2.24, 2.45) is 0 Å². The van der Waals surface area contributed by atoms with E-state index < -0.39 is 0 Å². The van der Waals surface area contributed by atoms with Crippen LogP contribution in [0.4, 0.5) is 5.69 Å². The van der Waals surface area contributed by atoms with Crippen molar-refractivity contribution in [2.45, 2.75) is 37.6 Å². The zero-order chi connectivity index (χ0) is 21.1. The van der Waals surface area contributed by atoms with Crippen LogP contribution in [0.15, 0.2) is 34.8 Å². The lowest BCUT2D eigenvalue weighted by molar-refractivity contribution is -0.113. The predicted octanol–water partition coefficient (Wildman–Crippen LogP) is 5.53. The second-order valence-corrected chi connectivity index (χ2v) is 9.78. The Balaban J connectivity index is 1.49. The number of nitrogens with zero attached hydrogens (tertiary/aromatic N) is 3. The van der Waals surface area contributed by atoms with E-state index in [1.165, 1.54) is 16.6 Å². The van der Waals surface area contributed by atoms with E-state index in [2.05, 4.69) is 38.5 Å². The molecule has 1 aromatic carbocycles. The maximum absolute atomic E-state index is 12.5. The van der Waals surface area contributed by atoms with Crippen molar-refractivity contribution in [3.05, 3.63) is 44.6 Å². The summed E-state index contributed by atoms with van der Waals surface area (Å²) in [5, 5.41) is 15.0. The van der Waals surface area contributed by atoms with Crippen molar-refractivity contribution in [2.75, 3.05) is 17.7 Å². The normalized spacial score (nSPS) is 16.2. The number of thiophene rings is 1. The molecule has 1 aliphatic rings. The number of rotatable bonds is 7. The third kappa shape index (κ3) is 5.00. The Morgan fingerprint density at radius 3 is 3.00 bits per heavy atom. The second-order valence-electron chi connectivity index (χ2n) is 6.94. The van der Waals surface area contributed by atoms with Crippen molar-refractivity contribution >= 4 is 57.9 Å². The highest BCUT2D eigenvalue weighted by atomic mass is 35.5. The molecule has 1 fully saturated rings. The first-order chi connectivity index (χ1) is 14.5. The van der Waals surface area contributed by atoms with Crippen molar-refractivity contribution in [1.82, 2.24) is 14.8 Å². The van der Waals surface area contributed by atoms with E-state index in [4.69, 9.17) is 27.9 Å². The number of nitrogens with one attached hydrogen (secondary N) is 1. The van der Waals surface area contributed by atoms with Crippen molar-refractivity contribution in [1.29, 1.82) is 0 Å². The lowest BCUT2D eigenvalue weighted by Crippen LogP contribution is -2.18. The number of aryl methyl sites for hydroxylation is 1. The number of halogens is 2. The van der Waals surface area contributed by atoms with E-state index in [0.717, 1.165) is 30.8 Å². The van der Waals surface area contributed by atoms with Crippen LogP contribution in [0, 0.1) is 6.92 Å². The van der Waals surface area contributed by atoms with Gasteiger partial charge in [-0.2, -0.15) is 0 Å². The fraction of sp³-hybridized carbons (Fsp3) is 0.350. The molecule has 158 valence electrons. The lowest BCUT2D eigenvalue weighted by atomic mass is 10.2. The van der Waals surface area contributed by atoms with Gasteiger partial charge in [-0.15, -0.1) is 21.5 Å². The summed E-state index contributed by atoms with van der Waals surface area (Å²) in [6.45, 7) is 3.52. The Kier molecular flexibility index (Phi) is 7.00. The highest BCUT2D eigenvalue weighted by Gasteiger charge is 2.22. The topological polar surface area (TPSA) is 69.0 Å². The summed E-state index contributed by atoms with van der Waals surface area (Å²) < 4.78 is 7.87. The molecule has 10 heteroatoms. The zero-order valence-corrected chi connectivity index (χ0v) is 19.4. The monoisotopic (exact) mass is 482 g/mol. The van der Waals surface area contributed by atoms with Gasteiger partial charge in [0.05, 0.1) is 34.1 Å². The summed E-state index contributed by atoms with van der Waals surface area (Å²) in [5.41, 5.74) is 1.52. The molecular formula is C20H20Cl2N4O2S2. The summed E-state index contributed by atoms with van der Waals surface area (Å²) in [5.74, 6) is 0.786. The first kappa shape index (κ1) is 21.6. The minimum Gasteiger partial charge on any atom is -0.376 e. The van der Waals surface area contributed by atoms with E-state index >= 15 is 0 Å². The van der Waals surface area contributed by atoms with Crippen molar-refractivity contribution < 1.29 is 9.53 Å². The van der Waals surface area contributed by atoms with E-state index in [-0.39, 0.29) is 17.8 Å². The molecule has 2 aromatic heterocycles. The van der Waals surface area contributed by atoms with E-state index in [9.17, 15) is 4.79 Å². The minimum atomic E-state index is -0.191. The largest absolute Gasteiger partial charge is 0.376 e. The molecule has 6 nitrogen and oxygen atoms in total. The van der Waals surface area contributed by atoms with Crippen LogP contribution in [0.1, 0.15) is 17.7 Å². The Morgan fingerprint density at radius 2 is 2.27 bits per heavy atom. The summed E-state index contributed by atoms with van der Waals surface area (Å²) in [7, 11) is 0. The molecule has 0 aliphatic carbocycles. The molecule has 1 unspecified atom stereocenters. The van der Waals surface area contributed by atoms with Crippen LogP contribution in [0.3, 0.4) is 0 Å².